The summed E-state index contributed by atoms with van der Waals surface area (Å²) >= 11 is 0. The topological polar surface area (TPSA) is 67.5 Å². The zero-order valence-electron chi connectivity index (χ0n) is 15.3. The van der Waals surface area contributed by atoms with Crippen LogP contribution < -0.4 is 4.74 Å². The van der Waals surface area contributed by atoms with Gasteiger partial charge in [0.2, 0.25) is 0 Å². The molecule has 1 aliphatic rings. The molecule has 134 valence electrons. The molecule has 0 fully saturated rings. The van der Waals surface area contributed by atoms with E-state index in [2.05, 4.69) is 10.2 Å². The summed E-state index contributed by atoms with van der Waals surface area (Å²) in [5.41, 5.74) is 3.79. The zero-order chi connectivity index (χ0) is 18.0. The van der Waals surface area contributed by atoms with Gasteiger partial charge in [-0.15, -0.1) is 0 Å². The summed E-state index contributed by atoms with van der Waals surface area (Å²) in [6.45, 7) is 6.92. The smallest absolute Gasteiger partial charge is 0.410 e. The number of benzene rings is 1. The van der Waals surface area contributed by atoms with Gasteiger partial charge in [0.05, 0.1) is 12.8 Å². The molecule has 0 atom stereocenters. The van der Waals surface area contributed by atoms with Gasteiger partial charge < -0.3 is 14.4 Å². The summed E-state index contributed by atoms with van der Waals surface area (Å²) in [4.78, 5) is 14.1. The van der Waals surface area contributed by atoms with Crippen LogP contribution in [-0.4, -0.2) is 47.0 Å². The molecule has 1 N–H and O–H groups in total. The van der Waals surface area contributed by atoms with Crippen LogP contribution in [0.1, 0.15) is 32.0 Å². The third-order valence-electron chi connectivity index (χ3n) is 4.23. The molecule has 1 aromatic carbocycles. The molecule has 3 rings (SSSR count). The molecule has 6 nitrogen and oxygen atoms in total. The van der Waals surface area contributed by atoms with Crippen molar-refractivity contribution in [3.8, 4) is 17.0 Å². The number of ether oxygens (including phenoxy) is 2. The standard InChI is InChI=1S/C19H25N3O3/c1-19(2,3)25-18(23)22-11-9-15-16(10-12-22)20-21-17(15)13-5-7-14(24-4)8-6-13/h5-8H,9-12H2,1-4H3,(H,20,21). The van der Waals surface area contributed by atoms with Crippen molar-refractivity contribution >= 4 is 6.09 Å². The summed E-state index contributed by atoms with van der Waals surface area (Å²) in [5.74, 6) is 0.821. The third-order valence-corrected chi connectivity index (χ3v) is 4.23. The van der Waals surface area contributed by atoms with Gasteiger partial charge in [-0.3, -0.25) is 5.10 Å². The lowest BCUT2D eigenvalue weighted by Crippen LogP contribution is -2.38. The molecular weight excluding hydrogens is 318 g/mol. The van der Waals surface area contributed by atoms with Crippen molar-refractivity contribution in [2.75, 3.05) is 20.2 Å². The third kappa shape index (κ3) is 3.95. The fourth-order valence-electron chi connectivity index (χ4n) is 2.98. The van der Waals surface area contributed by atoms with Crippen LogP contribution in [0.15, 0.2) is 24.3 Å². The van der Waals surface area contributed by atoms with E-state index in [0.717, 1.165) is 35.5 Å². The highest BCUT2D eigenvalue weighted by Crippen LogP contribution is 2.28. The summed E-state index contributed by atoms with van der Waals surface area (Å²) in [7, 11) is 1.65. The number of nitrogens with one attached hydrogen (secondary N) is 1. The first-order valence-electron chi connectivity index (χ1n) is 8.56. The first-order chi connectivity index (χ1) is 11.9. The van der Waals surface area contributed by atoms with Crippen LogP contribution in [0.2, 0.25) is 0 Å². The quantitative estimate of drug-likeness (QED) is 0.907. The Morgan fingerprint density at radius 1 is 1.16 bits per heavy atom. The van der Waals surface area contributed by atoms with Crippen molar-refractivity contribution in [1.29, 1.82) is 0 Å². The van der Waals surface area contributed by atoms with Crippen LogP contribution in [0.4, 0.5) is 4.79 Å². The first-order valence-corrected chi connectivity index (χ1v) is 8.56. The van der Waals surface area contributed by atoms with E-state index < -0.39 is 5.60 Å². The molecule has 25 heavy (non-hydrogen) atoms. The lowest BCUT2D eigenvalue weighted by Gasteiger charge is -2.26. The number of aromatic amines is 1. The SMILES string of the molecule is COc1ccc(-c2n[nH]c3c2CCN(C(=O)OC(C)(C)C)CC3)cc1. The van der Waals surface area contributed by atoms with Crippen molar-refractivity contribution in [2.45, 2.75) is 39.2 Å². The van der Waals surface area contributed by atoms with Gasteiger partial charge in [0.25, 0.3) is 0 Å². The molecule has 2 aromatic rings. The Hall–Kier alpha value is -2.50. The second kappa shape index (κ2) is 6.78. The maximum absolute atomic E-state index is 12.3. The average molecular weight is 343 g/mol. The Balaban J connectivity index is 1.76. The van der Waals surface area contributed by atoms with Crippen molar-refractivity contribution in [3.05, 3.63) is 35.5 Å². The summed E-state index contributed by atoms with van der Waals surface area (Å²) in [5, 5.41) is 7.64. The van der Waals surface area contributed by atoms with E-state index in [-0.39, 0.29) is 6.09 Å². The molecule has 0 spiro atoms. The second-order valence-electron chi connectivity index (χ2n) is 7.23. The number of nitrogens with zero attached hydrogens (tertiary/aromatic N) is 2. The molecule has 6 heteroatoms. The van der Waals surface area contributed by atoms with Crippen LogP contribution in [-0.2, 0) is 17.6 Å². The molecule has 1 aromatic heterocycles. The van der Waals surface area contributed by atoms with Gasteiger partial charge >= 0.3 is 6.09 Å². The highest BCUT2D eigenvalue weighted by atomic mass is 16.6. The van der Waals surface area contributed by atoms with E-state index in [4.69, 9.17) is 9.47 Å². The molecule has 0 aliphatic carbocycles. The van der Waals surface area contributed by atoms with Gasteiger partial charge in [-0.2, -0.15) is 5.10 Å². The number of carbonyl (C=O) groups excluding carboxylic acids is 1. The zero-order valence-corrected chi connectivity index (χ0v) is 15.3. The van der Waals surface area contributed by atoms with Gasteiger partial charge in [0.15, 0.2) is 0 Å². The average Bonchev–Trinajstić information content (AvgIpc) is 2.84. The molecule has 2 heterocycles. The van der Waals surface area contributed by atoms with Gasteiger partial charge in [0.1, 0.15) is 11.4 Å². The number of carbonyl (C=O) groups is 1. The number of methoxy groups -OCH3 is 1. The Kier molecular flexibility index (Phi) is 4.70. The van der Waals surface area contributed by atoms with Gasteiger partial charge in [-0.05, 0) is 51.5 Å². The highest BCUT2D eigenvalue weighted by Gasteiger charge is 2.26. The van der Waals surface area contributed by atoms with Crippen LogP contribution in [0, 0.1) is 0 Å². The van der Waals surface area contributed by atoms with Gasteiger partial charge in [-0.25, -0.2) is 4.79 Å². The van der Waals surface area contributed by atoms with Crippen LogP contribution >= 0.6 is 0 Å². The molecule has 0 unspecified atom stereocenters. The fraction of sp³-hybridized carbons (Fsp3) is 0.474. The minimum Gasteiger partial charge on any atom is -0.497 e. The van der Waals surface area contributed by atoms with E-state index >= 15 is 0 Å². The van der Waals surface area contributed by atoms with Gasteiger partial charge in [0, 0.05) is 36.3 Å². The predicted molar refractivity (Wildman–Crippen MR) is 95.8 cm³/mol. The highest BCUT2D eigenvalue weighted by molar-refractivity contribution is 5.69. The molecule has 0 saturated heterocycles. The van der Waals surface area contributed by atoms with Crippen molar-refractivity contribution in [2.24, 2.45) is 0 Å². The van der Waals surface area contributed by atoms with E-state index in [9.17, 15) is 4.79 Å². The predicted octanol–water partition coefficient (Wildman–Crippen LogP) is 3.42. The van der Waals surface area contributed by atoms with E-state index in [1.165, 1.54) is 5.56 Å². The number of H-pyrrole nitrogens is 1. The van der Waals surface area contributed by atoms with Gasteiger partial charge in [-0.1, -0.05) is 0 Å². The molecule has 1 amide bonds. The summed E-state index contributed by atoms with van der Waals surface area (Å²) in [6.07, 6.45) is 1.25. The minimum absolute atomic E-state index is 0.253. The second-order valence-corrected chi connectivity index (χ2v) is 7.23. The minimum atomic E-state index is -0.479. The number of amides is 1. The Morgan fingerprint density at radius 2 is 1.84 bits per heavy atom. The fourth-order valence-corrected chi connectivity index (χ4v) is 2.98. The largest absolute Gasteiger partial charge is 0.497 e. The van der Waals surface area contributed by atoms with Crippen molar-refractivity contribution < 1.29 is 14.3 Å². The Bertz CT molecular complexity index is 744. The summed E-state index contributed by atoms with van der Waals surface area (Å²) in [6, 6.07) is 7.87. The number of rotatable bonds is 2. The lowest BCUT2D eigenvalue weighted by atomic mass is 10.0. The number of fused-ring (bicyclic) bond motifs is 1. The number of hydrogen-bond donors (Lipinski definition) is 1. The number of hydrogen-bond acceptors (Lipinski definition) is 4. The summed E-state index contributed by atoms with van der Waals surface area (Å²) < 4.78 is 10.7. The van der Waals surface area contributed by atoms with Crippen LogP contribution in [0.3, 0.4) is 0 Å². The Morgan fingerprint density at radius 3 is 2.48 bits per heavy atom. The number of aromatic nitrogens is 2. The lowest BCUT2D eigenvalue weighted by molar-refractivity contribution is 0.0258. The molecule has 1 aliphatic heterocycles. The monoisotopic (exact) mass is 343 g/mol. The maximum Gasteiger partial charge on any atom is 0.410 e. The first kappa shape index (κ1) is 17.3. The van der Waals surface area contributed by atoms with Crippen molar-refractivity contribution in [1.82, 2.24) is 15.1 Å². The van der Waals surface area contributed by atoms with Crippen LogP contribution in [0.25, 0.3) is 11.3 Å². The van der Waals surface area contributed by atoms with E-state index in [1.807, 2.05) is 45.0 Å². The molecule has 0 bridgehead atoms. The van der Waals surface area contributed by atoms with Crippen molar-refractivity contribution in [3.63, 3.8) is 0 Å². The molecule has 0 saturated carbocycles. The Labute approximate surface area is 148 Å². The maximum atomic E-state index is 12.3. The normalized spacial score (nSPS) is 14.6. The van der Waals surface area contributed by atoms with Crippen LogP contribution in [0.5, 0.6) is 5.75 Å². The molecular formula is C19H25N3O3. The van der Waals surface area contributed by atoms with E-state index in [0.29, 0.717) is 13.1 Å². The molecule has 0 radical (unpaired) electrons. The van der Waals surface area contributed by atoms with E-state index in [1.54, 1.807) is 12.0 Å².